The van der Waals surface area contributed by atoms with Gasteiger partial charge < -0.3 is 15.3 Å². The maximum absolute atomic E-state index is 11.9. The molecule has 4 atom stereocenters. The molecular weight excluding hydrogens is 304 g/mol. The third kappa shape index (κ3) is 3.55. The smallest absolute Gasteiger partial charge is 0.334 e. The lowest BCUT2D eigenvalue weighted by Gasteiger charge is -2.56. The summed E-state index contributed by atoms with van der Waals surface area (Å²) in [5, 5.41) is 29.4. The third-order valence-electron chi connectivity index (χ3n) is 6.78. The van der Waals surface area contributed by atoms with Crippen molar-refractivity contribution < 1.29 is 20.1 Å². The van der Waals surface area contributed by atoms with Gasteiger partial charge in [-0.05, 0) is 61.2 Å². The Labute approximate surface area is 146 Å². The summed E-state index contributed by atoms with van der Waals surface area (Å²) >= 11 is 0. The fraction of sp³-hybridized carbons (Fsp3) is 0.850. The summed E-state index contributed by atoms with van der Waals surface area (Å²) in [6.45, 7) is 9.02. The SMILES string of the molecule is CC(CCO)CCC1=C(C(=O)O)C(O)CC2C(C)(C)CCCC12C. The molecule has 1 fully saturated rings. The van der Waals surface area contributed by atoms with E-state index in [2.05, 4.69) is 27.7 Å². The predicted octanol–water partition coefficient (Wildman–Crippen LogP) is 3.76. The number of carboxylic acids is 1. The molecule has 3 N–H and O–H groups in total. The predicted molar refractivity (Wildman–Crippen MR) is 94.6 cm³/mol. The second-order valence-corrected chi connectivity index (χ2v) is 8.92. The molecule has 138 valence electrons. The number of aliphatic hydroxyl groups excluding tert-OH is 2. The lowest BCUT2D eigenvalue weighted by atomic mass is 9.49. The van der Waals surface area contributed by atoms with Gasteiger partial charge in [0.25, 0.3) is 0 Å². The van der Waals surface area contributed by atoms with Crippen LogP contribution in [-0.2, 0) is 4.79 Å². The molecular formula is C20H34O4. The highest BCUT2D eigenvalue weighted by atomic mass is 16.4. The van der Waals surface area contributed by atoms with Crippen molar-refractivity contribution in [2.45, 2.75) is 78.7 Å². The van der Waals surface area contributed by atoms with Crippen LogP contribution in [0, 0.1) is 22.7 Å². The van der Waals surface area contributed by atoms with E-state index in [9.17, 15) is 15.0 Å². The van der Waals surface area contributed by atoms with Crippen LogP contribution < -0.4 is 0 Å². The van der Waals surface area contributed by atoms with E-state index in [4.69, 9.17) is 5.11 Å². The molecule has 2 rings (SSSR count). The minimum Gasteiger partial charge on any atom is -0.478 e. The van der Waals surface area contributed by atoms with Gasteiger partial charge in [0.2, 0.25) is 0 Å². The Bertz CT molecular complexity index is 508. The van der Waals surface area contributed by atoms with Gasteiger partial charge in [-0.25, -0.2) is 4.79 Å². The minimum absolute atomic E-state index is 0.125. The second kappa shape index (κ2) is 7.17. The fourth-order valence-electron chi connectivity index (χ4n) is 5.36. The number of hydrogen-bond acceptors (Lipinski definition) is 3. The first-order chi connectivity index (χ1) is 11.1. The van der Waals surface area contributed by atoms with Gasteiger partial charge in [0.15, 0.2) is 0 Å². The van der Waals surface area contributed by atoms with Crippen LogP contribution in [0.5, 0.6) is 0 Å². The summed E-state index contributed by atoms with van der Waals surface area (Å²) < 4.78 is 0. The summed E-state index contributed by atoms with van der Waals surface area (Å²) in [4.78, 5) is 11.9. The zero-order valence-electron chi connectivity index (χ0n) is 15.6. The molecule has 24 heavy (non-hydrogen) atoms. The monoisotopic (exact) mass is 338 g/mol. The minimum atomic E-state index is -0.963. The molecule has 0 bridgehead atoms. The molecule has 4 nitrogen and oxygen atoms in total. The molecule has 4 heteroatoms. The van der Waals surface area contributed by atoms with E-state index < -0.39 is 12.1 Å². The number of aliphatic carboxylic acids is 1. The Balaban J connectivity index is 2.40. The molecule has 4 unspecified atom stereocenters. The maximum atomic E-state index is 11.9. The Morgan fingerprint density at radius 1 is 1.25 bits per heavy atom. The highest BCUT2D eigenvalue weighted by Crippen LogP contribution is 2.60. The Hall–Kier alpha value is -0.870. The first-order valence-corrected chi connectivity index (χ1v) is 9.39. The molecule has 0 aromatic rings. The normalized spacial score (nSPS) is 33.9. The average molecular weight is 338 g/mol. The molecule has 0 heterocycles. The van der Waals surface area contributed by atoms with Crippen LogP contribution in [0.3, 0.4) is 0 Å². The van der Waals surface area contributed by atoms with Gasteiger partial charge in [-0.2, -0.15) is 0 Å². The van der Waals surface area contributed by atoms with Gasteiger partial charge in [-0.15, -0.1) is 0 Å². The zero-order chi connectivity index (χ0) is 18.1. The van der Waals surface area contributed by atoms with Crippen LogP contribution >= 0.6 is 0 Å². The van der Waals surface area contributed by atoms with Crippen molar-refractivity contribution in [1.29, 1.82) is 0 Å². The fourth-order valence-corrected chi connectivity index (χ4v) is 5.36. The number of allylic oxidation sites excluding steroid dienone is 1. The van der Waals surface area contributed by atoms with Crippen LogP contribution in [0.1, 0.15) is 72.6 Å². The number of fused-ring (bicyclic) bond motifs is 1. The van der Waals surface area contributed by atoms with Crippen molar-refractivity contribution in [3.63, 3.8) is 0 Å². The van der Waals surface area contributed by atoms with E-state index in [1.807, 2.05) is 0 Å². The van der Waals surface area contributed by atoms with Crippen LogP contribution in [0.25, 0.3) is 0 Å². The van der Waals surface area contributed by atoms with Crippen LogP contribution in [-0.4, -0.2) is 34.0 Å². The lowest BCUT2D eigenvalue weighted by Crippen LogP contribution is -2.49. The summed E-state index contributed by atoms with van der Waals surface area (Å²) in [6, 6.07) is 0. The number of hydrogen-bond donors (Lipinski definition) is 3. The average Bonchev–Trinajstić information content (AvgIpc) is 2.46. The van der Waals surface area contributed by atoms with Gasteiger partial charge in [-0.1, -0.05) is 39.7 Å². The van der Waals surface area contributed by atoms with Gasteiger partial charge in [0.05, 0.1) is 11.7 Å². The van der Waals surface area contributed by atoms with Crippen molar-refractivity contribution in [2.24, 2.45) is 22.7 Å². The van der Waals surface area contributed by atoms with Crippen molar-refractivity contribution in [1.82, 2.24) is 0 Å². The number of carboxylic acid groups (broad SMARTS) is 1. The summed E-state index contributed by atoms with van der Waals surface area (Å²) in [7, 11) is 0. The summed E-state index contributed by atoms with van der Waals surface area (Å²) in [6.07, 6.45) is 5.26. The maximum Gasteiger partial charge on any atom is 0.334 e. The first kappa shape index (κ1) is 19.5. The molecule has 0 aromatic carbocycles. The topological polar surface area (TPSA) is 77.8 Å². The summed E-state index contributed by atoms with van der Waals surface area (Å²) in [5.41, 5.74) is 1.21. The number of aliphatic hydroxyl groups is 2. The van der Waals surface area contributed by atoms with Gasteiger partial charge in [-0.3, -0.25) is 0 Å². The standard InChI is InChI=1S/C20H34O4/c1-13(8-11-21)6-7-14-17(18(23)24)15(22)12-16-19(2,3)9-5-10-20(14,16)4/h13,15-16,21-22H,5-12H2,1-4H3,(H,23,24). The number of rotatable bonds is 6. The molecule has 0 aromatic heterocycles. The molecule has 0 radical (unpaired) electrons. The van der Waals surface area contributed by atoms with E-state index in [1.165, 1.54) is 0 Å². The van der Waals surface area contributed by atoms with Gasteiger partial charge >= 0.3 is 5.97 Å². The van der Waals surface area contributed by atoms with E-state index in [-0.39, 0.29) is 23.0 Å². The van der Waals surface area contributed by atoms with Crippen molar-refractivity contribution >= 4 is 5.97 Å². The molecule has 0 saturated heterocycles. The second-order valence-electron chi connectivity index (χ2n) is 8.92. The Morgan fingerprint density at radius 3 is 2.50 bits per heavy atom. The van der Waals surface area contributed by atoms with E-state index >= 15 is 0 Å². The molecule has 2 aliphatic carbocycles. The molecule has 1 saturated carbocycles. The van der Waals surface area contributed by atoms with Crippen LogP contribution in [0.4, 0.5) is 0 Å². The third-order valence-corrected chi connectivity index (χ3v) is 6.78. The van der Waals surface area contributed by atoms with Gasteiger partial charge in [0.1, 0.15) is 0 Å². The van der Waals surface area contributed by atoms with Crippen LogP contribution in [0.15, 0.2) is 11.1 Å². The zero-order valence-corrected chi connectivity index (χ0v) is 15.6. The molecule has 0 amide bonds. The van der Waals surface area contributed by atoms with Crippen molar-refractivity contribution in [3.05, 3.63) is 11.1 Å². The van der Waals surface area contributed by atoms with E-state index in [0.29, 0.717) is 24.7 Å². The molecule has 0 spiro atoms. The van der Waals surface area contributed by atoms with E-state index in [1.54, 1.807) is 0 Å². The first-order valence-electron chi connectivity index (χ1n) is 9.39. The van der Waals surface area contributed by atoms with Crippen molar-refractivity contribution in [3.8, 4) is 0 Å². The molecule has 0 aliphatic heterocycles. The highest BCUT2D eigenvalue weighted by Gasteiger charge is 2.53. The summed E-state index contributed by atoms with van der Waals surface area (Å²) in [5.74, 6) is -0.286. The quantitative estimate of drug-likeness (QED) is 0.689. The Morgan fingerprint density at radius 2 is 1.92 bits per heavy atom. The highest BCUT2D eigenvalue weighted by molar-refractivity contribution is 5.89. The van der Waals surface area contributed by atoms with E-state index in [0.717, 1.165) is 37.7 Å². The molecule has 2 aliphatic rings. The largest absolute Gasteiger partial charge is 0.478 e. The Kier molecular flexibility index (Phi) is 5.81. The van der Waals surface area contributed by atoms with Crippen LogP contribution in [0.2, 0.25) is 0 Å². The van der Waals surface area contributed by atoms with Crippen molar-refractivity contribution in [2.75, 3.05) is 6.61 Å². The number of carbonyl (C=O) groups is 1. The lowest BCUT2D eigenvalue weighted by molar-refractivity contribution is -0.135. The van der Waals surface area contributed by atoms with Gasteiger partial charge in [0, 0.05) is 6.61 Å².